The second-order valence-electron chi connectivity index (χ2n) is 3.47. The van der Waals surface area contributed by atoms with Gasteiger partial charge >= 0.3 is 0 Å². The molecule has 2 aromatic rings. The molecular weight excluding hydrogens is 203 g/mol. The van der Waals surface area contributed by atoms with E-state index >= 15 is 0 Å². The lowest BCUT2D eigenvalue weighted by atomic mass is 9.93. The number of hydrogen-bond donors (Lipinski definition) is 0. The molecule has 0 saturated heterocycles. The van der Waals surface area contributed by atoms with E-state index in [2.05, 4.69) is 48.6 Å². The quantitative estimate of drug-likeness (QED) is 0.591. The van der Waals surface area contributed by atoms with Gasteiger partial charge in [-0.2, -0.15) is 0 Å². The lowest BCUT2D eigenvalue weighted by molar-refractivity contribution is 1.11. The highest BCUT2D eigenvalue weighted by atomic mass is 28.1. The van der Waals surface area contributed by atoms with Crippen molar-refractivity contribution in [1.29, 1.82) is 0 Å². The molecule has 0 fully saturated rings. The standard InChI is InChI=1S/C13H10.FH.Si/c1-4-10-6-2-8-12-9-3-7-11(5-1)13(10)12;;/h1-8H,9H2;1H;. The predicted octanol–water partition coefficient (Wildman–Crippen LogP) is 3.18. The van der Waals surface area contributed by atoms with Crippen LogP contribution in [0.5, 0.6) is 0 Å². The maximum Gasteiger partial charge on any atom is 0 e. The second kappa shape index (κ2) is 4.40. The molecule has 3 rings (SSSR count). The van der Waals surface area contributed by atoms with Gasteiger partial charge in [0.05, 0.1) is 0 Å². The van der Waals surface area contributed by atoms with Gasteiger partial charge in [0, 0.05) is 11.0 Å². The summed E-state index contributed by atoms with van der Waals surface area (Å²) < 4.78 is 0. The predicted molar refractivity (Wildman–Crippen MR) is 64.9 cm³/mol. The van der Waals surface area contributed by atoms with Crippen molar-refractivity contribution in [2.45, 2.75) is 6.42 Å². The molecule has 0 amide bonds. The molecule has 1 aliphatic rings. The van der Waals surface area contributed by atoms with E-state index in [4.69, 9.17) is 0 Å². The lowest BCUT2D eigenvalue weighted by Crippen LogP contribution is -1.91. The van der Waals surface area contributed by atoms with Crippen LogP contribution in [-0.2, 0) is 6.42 Å². The first-order chi connectivity index (χ1) is 6.45. The van der Waals surface area contributed by atoms with Crippen LogP contribution in [0, 0.1) is 0 Å². The van der Waals surface area contributed by atoms with Gasteiger partial charge in [0.2, 0.25) is 0 Å². The first-order valence-corrected chi connectivity index (χ1v) is 4.62. The number of hydrogen-bond acceptors (Lipinski definition) is 0. The van der Waals surface area contributed by atoms with E-state index in [0.29, 0.717) is 0 Å². The van der Waals surface area contributed by atoms with Crippen LogP contribution in [0.15, 0.2) is 42.5 Å². The largest absolute Gasteiger partial charge is 0.269 e. The highest BCUT2D eigenvalue weighted by Gasteiger charge is 2.06. The third-order valence-corrected chi connectivity index (χ3v) is 2.66. The zero-order chi connectivity index (χ0) is 8.67. The molecular formula is C13H11FSi. The summed E-state index contributed by atoms with van der Waals surface area (Å²) in [6, 6.07) is 13.0. The number of halogens is 1. The van der Waals surface area contributed by atoms with E-state index in [1.54, 1.807) is 0 Å². The van der Waals surface area contributed by atoms with Crippen LogP contribution in [0.1, 0.15) is 11.1 Å². The molecule has 0 unspecified atom stereocenters. The Labute approximate surface area is 93.0 Å². The second-order valence-corrected chi connectivity index (χ2v) is 3.47. The third kappa shape index (κ3) is 1.73. The van der Waals surface area contributed by atoms with Crippen LogP contribution in [0.25, 0.3) is 16.8 Å². The fourth-order valence-electron chi connectivity index (χ4n) is 2.07. The fraction of sp³-hybridized carbons (Fsp3) is 0.0769. The van der Waals surface area contributed by atoms with Gasteiger partial charge in [-0.25, -0.2) is 0 Å². The minimum atomic E-state index is 0. The molecule has 15 heavy (non-hydrogen) atoms. The monoisotopic (exact) mass is 214 g/mol. The number of rotatable bonds is 0. The SMILES string of the molecule is C1=Cc2cccc3cccc(c23)C1.F.[Si]. The van der Waals surface area contributed by atoms with Crippen molar-refractivity contribution in [1.82, 2.24) is 0 Å². The van der Waals surface area contributed by atoms with Gasteiger partial charge in [0.1, 0.15) is 0 Å². The minimum Gasteiger partial charge on any atom is -0.269 e. The Morgan fingerprint density at radius 2 is 1.67 bits per heavy atom. The molecule has 0 heterocycles. The Hall–Kier alpha value is -1.41. The van der Waals surface area contributed by atoms with E-state index in [1.165, 1.54) is 21.9 Å². The normalized spacial score (nSPS) is 11.7. The van der Waals surface area contributed by atoms with Crippen LogP contribution >= 0.6 is 0 Å². The van der Waals surface area contributed by atoms with Crippen molar-refractivity contribution < 1.29 is 4.70 Å². The maximum absolute atomic E-state index is 2.23. The molecule has 0 N–H and O–H groups in total. The van der Waals surface area contributed by atoms with Gasteiger partial charge in [-0.15, -0.1) is 0 Å². The summed E-state index contributed by atoms with van der Waals surface area (Å²) in [5.41, 5.74) is 2.81. The highest BCUT2D eigenvalue weighted by molar-refractivity contribution is 5.94. The van der Waals surface area contributed by atoms with Crippen LogP contribution in [0.4, 0.5) is 4.70 Å². The molecule has 0 bridgehead atoms. The molecule has 2 heteroatoms. The molecule has 4 radical (unpaired) electrons. The van der Waals surface area contributed by atoms with Gasteiger partial charge in [-0.3, -0.25) is 4.70 Å². The van der Waals surface area contributed by atoms with E-state index in [1.807, 2.05) is 0 Å². The van der Waals surface area contributed by atoms with E-state index in [0.717, 1.165) is 6.42 Å². The zero-order valence-electron chi connectivity index (χ0n) is 8.23. The Bertz CT molecular complexity index is 498. The molecule has 0 spiro atoms. The average Bonchev–Trinajstić information content (AvgIpc) is 2.19. The number of benzene rings is 2. The van der Waals surface area contributed by atoms with Gasteiger partial charge < -0.3 is 0 Å². The molecule has 0 saturated carbocycles. The molecule has 2 aromatic carbocycles. The van der Waals surface area contributed by atoms with Crippen molar-refractivity contribution in [2.75, 3.05) is 0 Å². The smallest absolute Gasteiger partial charge is 0 e. The van der Waals surface area contributed by atoms with Crippen LogP contribution in [0.3, 0.4) is 0 Å². The summed E-state index contributed by atoms with van der Waals surface area (Å²) >= 11 is 0. The highest BCUT2D eigenvalue weighted by Crippen LogP contribution is 2.27. The number of allylic oxidation sites excluding steroid dienone is 1. The molecule has 74 valence electrons. The molecule has 0 aromatic heterocycles. The van der Waals surface area contributed by atoms with Crippen molar-refractivity contribution in [3.8, 4) is 0 Å². The molecule has 0 atom stereocenters. The van der Waals surface area contributed by atoms with Gasteiger partial charge in [0.15, 0.2) is 0 Å². The van der Waals surface area contributed by atoms with Crippen molar-refractivity contribution in [3.63, 3.8) is 0 Å². The summed E-state index contributed by atoms with van der Waals surface area (Å²) in [4.78, 5) is 0. The van der Waals surface area contributed by atoms with E-state index in [9.17, 15) is 0 Å². The van der Waals surface area contributed by atoms with Gasteiger partial charge in [-0.1, -0.05) is 48.6 Å². The van der Waals surface area contributed by atoms with Gasteiger partial charge in [-0.05, 0) is 28.3 Å². The lowest BCUT2D eigenvalue weighted by Gasteiger charge is -2.11. The van der Waals surface area contributed by atoms with E-state index < -0.39 is 0 Å². The van der Waals surface area contributed by atoms with Crippen molar-refractivity contribution in [2.24, 2.45) is 0 Å². The van der Waals surface area contributed by atoms with Crippen molar-refractivity contribution in [3.05, 3.63) is 53.6 Å². The van der Waals surface area contributed by atoms with Gasteiger partial charge in [0.25, 0.3) is 0 Å². The first kappa shape index (κ1) is 11.7. The molecule has 0 nitrogen and oxygen atoms in total. The maximum atomic E-state index is 2.23. The summed E-state index contributed by atoms with van der Waals surface area (Å²) in [5, 5.41) is 2.80. The summed E-state index contributed by atoms with van der Waals surface area (Å²) in [5.74, 6) is 0. The Morgan fingerprint density at radius 3 is 2.47 bits per heavy atom. The minimum absolute atomic E-state index is 0. The fourth-order valence-corrected chi connectivity index (χ4v) is 2.07. The summed E-state index contributed by atoms with van der Waals surface area (Å²) in [6.45, 7) is 0. The average molecular weight is 214 g/mol. The Balaban J connectivity index is 0.000000562. The third-order valence-electron chi connectivity index (χ3n) is 2.66. The van der Waals surface area contributed by atoms with E-state index in [-0.39, 0.29) is 15.7 Å². The Morgan fingerprint density at radius 1 is 0.933 bits per heavy atom. The van der Waals surface area contributed by atoms with Crippen LogP contribution in [0.2, 0.25) is 0 Å². The first-order valence-electron chi connectivity index (χ1n) is 4.62. The summed E-state index contributed by atoms with van der Waals surface area (Å²) in [6.07, 6.45) is 5.53. The summed E-state index contributed by atoms with van der Waals surface area (Å²) in [7, 11) is 0. The molecule has 1 aliphatic carbocycles. The van der Waals surface area contributed by atoms with Crippen LogP contribution < -0.4 is 0 Å². The van der Waals surface area contributed by atoms with Crippen molar-refractivity contribution >= 4 is 27.8 Å². The van der Waals surface area contributed by atoms with Crippen LogP contribution in [-0.4, -0.2) is 11.0 Å². The zero-order valence-corrected chi connectivity index (χ0v) is 9.23. The topological polar surface area (TPSA) is 0 Å². The molecule has 0 aliphatic heterocycles. The Kier molecular flexibility index (Phi) is 3.42.